The van der Waals surface area contributed by atoms with E-state index < -0.39 is 10.0 Å². The predicted octanol–water partition coefficient (Wildman–Crippen LogP) is 0.621. The highest BCUT2D eigenvalue weighted by atomic mass is 32.2. The molecule has 0 unspecified atom stereocenters. The summed E-state index contributed by atoms with van der Waals surface area (Å²) in [6.07, 6.45) is 0. The number of rotatable bonds is 8. The number of ether oxygens (including phenoxy) is 1. The third-order valence-electron chi connectivity index (χ3n) is 3.19. The minimum absolute atomic E-state index is 0.0280. The second-order valence-corrected chi connectivity index (χ2v) is 7.18. The van der Waals surface area contributed by atoms with E-state index in [0.29, 0.717) is 12.5 Å². The first-order valence-electron chi connectivity index (χ1n) is 7.50. The number of hydrogen-bond acceptors (Lipinski definition) is 7. The summed E-state index contributed by atoms with van der Waals surface area (Å²) >= 11 is 0. The van der Waals surface area contributed by atoms with Gasteiger partial charge in [0.05, 0.1) is 18.0 Å². The fourth-order valence-electron chi connectivity index (χ4n) is 2.06. The highest BCUT2D eigenvalue weighted by Gasteiger charge is 2.18. The number of amides is 1. The molecule has 0 saturated carbocycles. The summed E-state index contributed by atoms with van der Waals surface area (Å²) < 4.78 is 36.8. The van der Waals surface area contributed by atoms with Gasteiger partial charge < -0.3 is 14.6 Å². The zero-order valence-corrected chi connectivity index (χ0v) is 15.0. The summed E-state index contributed by atoms with van der Waals surface area (Å²) in [6.45, 7) is 3.64. The van der Waals surface area contributed by atoms with Gasteiger partial charge in [-0.2, -0.15) is 4.98 Å². The Morgan fingerprint density at radius 1 is 1.40 bits per heavy atom. The van der Waals surface area contributed by atoms with E-state index in [2.05, 4.69) is 20.2 Å². The Labute approximate surface area is 145 Å². The summed E-state index contributed by atoms with van der Waals surface area (Å²) in [5.41, 5.74) is 0.237. The molecule has 1 amide bonds. The molecule has 10 heteroatoms. The van der Waals surface area contributed by atoms with Crippen LogP contribution >= 0.6 is 0 Å². The number of hydrogen-bond donors (Lipinski definition) is 2. The predicted molar refractivity (Wildman–Crippen MR) is 88.3 cm³/mol. The van der Waals surface area contributed by atoms with Crippen LogP contribution in [0, 0.1) is 6.92 Å². The number of nitrogens with one attached hydrogen (secondary N) is 2. The molecule has 25 heavy (non-hydrogen) atoms. The van der Waals surface area contributed by atoms with Gasteiger partial charge in [-0.3, -0.25) is 4.79 Å². The summed E-state index contributed by atoms with van der Waals surface area (Å²) in [6, 6.07) is 5.55. The number of carbonyl (C=O) groups is 1. The number of sulfonamides is 1. The molecular formula is C15H20N4O5S. The van der Waals surface area contributed by atoms with Crippen LogP contribution in [0.25, 0.3) is 0 Å². The molecule has 0 fully saturated rings. The van der Waals surface area contributed by atoms with Crippen LogP contribution in [0.2, 0.25) is 0 Å². The van der Waals surface area contributed by atoms with E-state index in [-0.39, 0.29) is 34.8 Å². The van der Waals surface area contributed by atoms with E-state index in [1.165, 1.54) is 31.4 Å². The third kappa shape index (κ3) is 5.34. The number of benzene rings is 1. The smallest absolute Gasteiger partial charge is 0.251 e. The molecule has 1 aromatic carbocycles. The normalized spacial score (nSPS) is 12.8. The molecule has 0 spiro atoms. The van der Waals surface area contributed by atoms with E-state index in [0.717, 1.165) is 0 Å². The molecule has 2 N–H and O–H groups in total. The third-order valence-corrected chi connectivity index (χ3v) is 4.59. The van der Waals surface area contributed by atoms with Crippen molar-refractivity contribution in [3.05, 3.63) is 41.5 Å². The number of carbonyl (C=O) groups excluding carboxylic acids is 1. The van der Waals surface area contributed by atoms with Crippen molar-refractivity contribution in [2.45, 2.75) is 31.3 Å². The van der Waals surface area contributed by atoms with Gasteiger partial charge in [0, 0.05) is 25.6 Å². The Balaban J connectivity index is 2.09. The lowest BCUT2D eigenvalue weighted by Gasteiger charge is -2.13. The molecule has 2 rings (SSSR count). The van der Waals surface area contributed by atoms with E-state index >= 15 is 0 Å². The van der Waals surface area contributed by atoms with Gasteiger partial charge in [0.2, 0.25) is 15.9 Å². The lowest BCUT2D eigenvalue weighted by molar-refractivity contribution is 0.0905. The number of methoxy groups -OCH3 is 1. The maximum atomic E-state index is 12.4. The molecule has 9 nitrogen and oxygen atoms in total. The Bertz CT molecular complexity index is 834. The molecule has 1 aromatic heterocycles. The Morgan fingerprint density at radius 2 is 2.16 bits per heavy atom. The molecule has 136 valence electrons. The van der Waals surface area contributed by atoms with Crippen molar-refractivity contribution >= 4 is 15.9 Å². The first-order chi connectivity index (χ1) is 11.8. The maximum Gasteiger partial charge on any atom is 0.251 e. The zero-order chi connectivity index (χ0) is 18.4. The lowest BCUT2D eigenvalue weighted by atomic mass is 10.2. The summed E-state index contributed by atoms with van der Waals surface area (Å²) in [5.74, 6) is 0.191. The molecule has 0 aliphatic heterocycles. The fourth-order valence-corrected chi connectivity index (χ4v) is 3.08. The molecule has 1 heterocycles. The van der Waals surface area contributed by atoms with Crippen LogP contribution in [-0.2, 0) is 21.3 Å². The highest BCUT2D eigenvalue weighted by molar-refractivity contribution is 7.89. The molecule has 0 saturated heterocycles. The monoisotopic (exact) mass is 368 g/mol. The molecule has 2 aromatic rings. The largest absolute Gasteiger partial charge is 0.383 e. The molecular weight excluding hydrogens is 348 g/mol. The Kier molecular flexibility index (Phi) is 6.23. The summed E-state index contributed by atoms with van der Waals surface area (Å²) in [7, 11) is -2.29. The molecule has 0 aliphatic carbocycles. The van der Waals surface area contributed by atoms with E-state index in [1.807, 2.05) is 0 Å². The van der Waals surface area contributed by atoms with Crippen LogP contribution in [0.15, 0.2) is 33.7 Å². The summed E-state index contributed by atoms with van der Waals surface area (Å²) in [4.78, 5) is 16.1. The first kappa shape index (κ1) is 19.0. The second-order valence-electron chi connectivity index (χ2n) is 5.41. The minimum atomic E-state index is -3.82. The highest BCUT2D eigenvalue weighted by Crippen LogP contribution is 2.12. The van der Waals surface area contributed by atoms with Crippen LogP contribution < -0.4 is 10.0 Å². The van der Waals surface area contributed by atoms with Crippen molar-refractivity contribution in [2.24, 2.45) is 0 Å². The van der Waals surface area contributed by atoms with Gasteiger partial charge in [-0.05, 0) is 25.1 Å². The average Bonchev–Trinajstić information content (AvgIpc) is 2.99. The van der Waals surface area contributed by atoms with Crippen LogP contribution in [0.1, 0.15) is 29.0 Å². The lowest BCUT2D eigenvalue weighted by Crippen LogP contribution is -2.35. The van der Waals surface area contributed by atoms with Gasteiger partial charge in [-0.15, -0.1) is 0 Å². The van der Waals surface area contributed by atoms with Gasteiger partial charge in [-0.1, -0.05) is 11.2 Å². The van der Waals surface area contributed by atoms with Gasteiger partial charge in [0.15, 0.2) is 5.82 Å². The average molecular weight is 368 g/mol. The van der Waals surface area contributed by atoms with Crippen molar-refractivity contribution < 1.29 is 22.5 Å². The zero-order valence-electron chi connectivity index (χ0n) is 14.1. The van der Waals surface area contributed by atoms with Crippen molar-refractivity contribution in [3.8, 4) is 0 Å². The van der Waals surface area contributed by atoms with Crippen molar-refractivity contribution in [3.63, 3.8) is 0 Å². The Morgan fingerprint density at radius 3 is 2.80 bits per heavy atom. The van der Waals surface area contributed by atoms with Crippen LogP contribution in [0.4, 0.5) is 0 Å². The van der Waals surface area contributed by atoms with Crippen molar-refractivity contribution in [2.75, 3.05) is 13.7 Å². The molecule has 0 aliphatic rings. The first-order valence-corrected chi connectivity index (χ1v) is 8.99. The fraction of sp³-hybridized carbons (Fsp3) is 0.400. The maximum absolute atomic E-state index is 12.4. The molecule has 1 atom stereocenters. The van der Waals surface area contributed by atoms with Crippen molar-refractivity contribution in [1.29, 1.82) is 0 Å². The minimum Gasteiger partial charge on any atom is -0.383 e. The van der Waals surface area contributed by atoms with Gasteiger partial charge in [0.1, 0.15) is 0 Å². The molecule has 0 radical (unpaired) electrons. The topological polar surface area (TPSA) is 123 Å². The van der Waals surface area contributed by atoms with Crippen LogP contribution in [0.5, 0.6) is 0 Å². The summed E-state index contributed by atoms with van der Waals surface area (Å²) in [5, 5.41) is 6.34. The number of nitrogens with zero attached hydrogens (tertiary/aromatic N) is 2. The van der Waals surface area contributed by atoms with Crippen LogP contribution in [0.3, 0.4) is 0 Å². The second kappa shape index (κ2) is 8.19. The van der Waals surface area contributed by atoms with Gasteiger partial charge in [0.25, 0.3) is 5.91 Å². The SMILES string of the molecule is COC[C@H](C)NC(=O)c1cccc(S(=O)(=O)NCc2noc(C)n2)c1. The number of aryl methyl sites for hydroxylation is 1. The van der Waals surface area contributed by atoms with E-state index in [4.69, 9.17) is 9.26 Å². The van der Waals surface area contributed by atoms with Gasteiger partial charge in [-0.25, -0.2) is 13.1 Å². The van der Waals surface area contributed by atoms with Crippen molar-refractivity contribution in [1.82, 2.24) is 20.2 Å². The van der Waals surface area contributed by atoms with Crippen LogP contribution in [-0.4, -0.2) is 44.2 Å². The number of aromatic nitrogens is 2. The standard InChI is InChI=1S/C15H20N4O5S/c1-10(9-23-3)17-15(20)12-5-4-6-13(7-12)25(21,22)16-8-14-18-11(2)24-19-14/h4-7,10,16H,8-9H2,1-3H3,(H,17,20)/t10-/m0/s1. The van der Waals surface area contributed by atoms with E-state index in [9.17, 15) is 13.2 Å². The quantitative estimate of drug-likeness (QED) is 0.700. The van der Waals surface area contributed by atoms with Gasteiger partial charge >= 0.3 is 0 Å². The Hall–Kier alpha value is -2.30. The molecule has 0 bridgehead atoms. The van der Waals surface area contributed by atoms with E-state index in [1.54, 1.807) is 13.8 Å².